The van der Waals surface area contributed by atoms with Crippen LogP contribution in [0.5, 0.6) is 5.75 Å². The van der Waals surface area contributed by atoms with Crippen molar-refractivity contribution in [2.24, 2.45) is 0 Å². The van der Waals surface area contributed by atoms with E-state index in [1.807, 2.05) is 30.3 Å². The van der Waals surface area contributed by atoms with E-state index in [0.29, 0.717) is 41.1 Å². The first-order chi connectivity index (χ1) is 22.9. The minimum atomic E-state index is -0.663. The van der Waals surface area contributed by atoms with Gasteiger partial charge in [-0.15, -0.1) is 0 Å². The lowest BCUT2D eigenvalue weighted by Crippen LogP contribution is -2.43. The Bertz CT molecular complexity index is 1900. The van der Waals surface area contributed by atoms with Crippen molar-refractivity contribution >= 4 is 34.0 Å². The number of benzene rings is 4. The van der Waals surface area contributed by atoms with Crippen molar-refractivity contribution in [2.75, 3.05) is 54.9 Å². The second kappa shape index (κ2) is 13.4. The number of anilines is 3. The highest BCUT2D eigenvalue weighted by molar-refractivity contribution is 6.11. The SMILES string of the molecule is O=C(Nc1n[nH]c2cc(-c3cccc(O)c3)c(Cc3cc(F)cc(F)c3)cc12)c1ccc(N2CCNCC2)cc1NC1CCOCC1. The van der Waals surface area contributed by atoms with Gasteiger partial charge in [-0.2, -0.15) is 5.10 Å². The fraction of sp³-hybridized carbons (Fsp3) is 0.278. The van der Waals surface area contributed by atoms with Crippen LogP contribution < -0.4 is 20.9 Å². The van der Waals surface area contributed by atoms with Gasteiger partial charge in [0.1, 0.15) is 17.4 Å². The first-order valence-corrected chi connectivity index (χ1v) is 15.9. The minimum Gasteiger partial charge on any atom is -0.508 e. The summed E-state index contributed by atoms with van der Waals surface area (Å²) in [6.45, 7) is 4.92. The van der Waals surface area contributed by atoms with E-state index in [1.165, 1.54) is 12.1 Å². The average Bonchev–Trinajstić information content (AvgIpc) is 3.45. The summed E-state index contributed by atoms with van der Waals surface area (Å²) >= 11 is 0. The van der Waals surface area contributed by atoms with Crippen molar-refractivity contribution in [1.29, 1.82) is 0 Å². The van der Waals surface area contributed by atoms with Crippen LogP contribution in [0.15, 0.2) is 72.8 Å². The normalized spacial score (nSPS) is 15.6. The lowest BCUT2D eigenvalue weighted by Gasteiger charge is -2.31. The van der Waals surface area contributed by atoms with Crippen molar-refractivity contribution in [3.05, 3.63) is 101 Å². The highest BCUT2D eigenvalue weighted by Gasteiger charge is 2.22. The molecule has 242 valence electrons. The monoisotopic (exact) mass is 638 g/mol. The number of piperazine rings is 1. The molecule has 0 spiro atoms. The summed E-state index contributed by atoms with van der Waals surface area (Å²) in [5, 5.41) is 28.3. The zero-order chi connectivity index (χ0) is 32.3. The van der Waals surface area contributed by atoms with E-state index in [9.17, 15) is 18.7 Å². The van der Waals surface area contributed by atoms with Gasteiger partial charge in [0.05, 0.1) is 11.1 Å². The Labute approximate surface area is 270 Å². The molecule has 0 unspecified atom stereocenters. The number of halogens is 2. The van der Waals surface area contributed by atoms with Crippen molar-refractivity contribution in [3.63, 3.8) is 0 Å². The minimum absolute atomic E-state index is 0.0936. The molecule has 5 N–H and O–H groups in total. The molecular formula is C36H36F2N6O3. The van der Waals surface area contributed by atoms with Crippen LogP contribution in [0.4, 0.5) is 26.0 Å². The van der Waals surface area contributed by atoms with Crippen LogP contribution in [0.25, 0.3) is 22.0 Å². The van der Waals surface area contributed by atoms with E-state index in [-0.39, 0.29) is 24.1 Å². The van der Waals surface area contributed by atoms with E-state index >= 15 is 0 Å². The summed E-state index contributed by atoms with van der Waals surface area (Å²) in [4.78, 5) is 16.2. The molecule has 11 heteroatoms. The third-order valence-corrected chi connectivity index (χ3v) is 8.80. The van der Waals surface area contributed by atoms with Crippen LogP contribution >= 0.6 is 0 Å². The van der Waals surface area contributed by atoms with Gasteiger partial charge < -0.3 is 30.7 Å². The molecule has 2 aliphatic rings. The summed E-state index contributed by atoms with van der Waals surface area (Å²) in [7, 11) is 0. The zero-order valence-corrected chi connectivity index (χ0v) is 25.8. The number of ether oxygens (including phenoxy) is 1. The predicted octanol–water partition coefficient (Wildman–Crippen LogP) is 6.06. The number of aromatic hydroxyl groups is 1. The number of rotatable bonds is 8. The molecule has 0 bridgehead atoms. The van der Waals surface area contributed by atoms with Gasteiger partial charge in [-0.25, -0.2) is 8.78 Å². The second-order valence-corrected chi connectivity index (χ2v) is 12.1. The van der Waals surface area contributed by atoms with Crippen molar-refractivity contribution in [2.45, 2.75) is 25.3 Å². The lowest BCUT2D eigenvalue weighted by molar-refractivity contribution is 0.0904. The van der Waals surface area contributed by atoms with Gasteiger partial charge >= 0.3 is 0 Å². The highest BCUT2D eigenvalue weighted by atomic mass is 19.1. The van der Waals surface area contributed by atoms with Crippen LogP contribution in [0, 0.1) is 11.6 Å². The maximum absolute atomic E-state index is 14.1. The van der Waals surface area contributed by atoms with Gasteiger partial charge in [0.2, 0.25) is 0 Å². The molecule has 9 nitrogen and oxygen atoms in total. The number of phenolic OH excluding ortho intramolecular Hbond substituents is 1. The molecule has 2 saturated heterocycles. The topological polar surface area (TPSA) is 115 Å². The number of carbonyl (C=O) groups excluding carboxylic acids is 1. The summed E-state index contributed by atoms with van der Waals surface area (Å²) < 4.78 is 33.8. The fourth-order valence-electron chi connectivity index (χ4n) is 6.43. The molecule has 1 amide bonds. The van der Waals surface area contributed by atoms with E-state index in [0.717, 1.165) is 73.2 Å². The summed E-state index contributed by atoms with van der Waals surface area (Å²) in [5.41, 5.74) is 5.64. The number of phenols is 1. The van der Waals surface area contributed by atoms with E-state index < -0.39 is 11.6 Å². The Balaban J connectivity index is 1.23. The van der Waals surface area contributed by atoms with E-state index in [2.05, 4.69) is 37.1 Å². The molecule has 3 heterocycles. The molecule has 0 radical (unpaired) electrons. The largest absolute Gasteiger partial charge is 0.508 e. The number of hydrogen-bond acceptors (Lipinski definition) is 7. The molecule has 4 aromatic carbocycles. The molecule has 2 fully saturated rings. The molecule has 0 aliphatic carbocycles. The van der Waals surface area contributed by atoms with Crippen LogP contribution in [-0.2, 0) is 11.2 Å². The van der Waals surface area contributed by atoms with Crippen molar-refractivity contribution in [1.82, 2.24) is 15.5 Å². The quantitative estimate of drug-likeness (QED) is 0.141. The number of nitrogens with zero attached hydrogens (tertiary/aromatic N) is 2. The Morgan fingerprint density at radius 3 is 2.53 bits per heavy atom. The number of aromatic amines is 1. The van der Waals surface area contributed by atoms with Gasteiger partial charge in [0.15, 0.2) is 5.82 Å². The lowest BCUT2D eigenvalue weighted by atomic mass is 9.93. The smallest absolute Gasteiger partial charge is 0.258 e. The Kier molecular flexibility index (Phi) is 8.73. The number of fused-ring (bicyclic) bond motifs is 1. The maximum atomic E-state index is 14.1. The van der Waals surface area contributed by atoms with Crippen LogP contribution in [0.2, 0.25) is 0 Å². The van der Waals surface area contributed by atoms with E-state index in [4.69, 9.17) is 4.74 Å². The standard InChI is InChI=1S/C36H36F2N6O3/c37-25-15-22(16-26(38)19-25)14-24-18-32-34(21-31(24)23-2-1-3-29(45)17-23)42-43-35(32)41-36(46)30-5-4-28(44-10-8-39-9-11-44)20-33(30)40-27-6-12-47-13-7-27/h1-5,15-21,27,39-40,45H,6-14H2,(H2,41,42,43,46). The summed E-state index contributed by atoms with van der Waals surface area (Å²) in [6.07, 6.45) is 1.91. The molecule has 2 aliphatic heterocycles. The third kappa shape index (κ3) is 6.91. The van der Waals surface area contributed by atoms with E-state index in [1.54, 1.807) is 18.2 Å². The van der Waals surface area contributed by atoms with Gasteiger partial charge in [-0.1, -0.05) is 12.1 Å². The first kappa shape index (κ1) is 30.6. The Morgan fingerprint density at radius 2 is 1.77 bits per heavy atom. The number of nitrogens with one attached hydrogen (secondary N) is 4. The summed E-state index contributed by atoms with van der Waals surface area (Å²) in [6, 6.07) is 20.1. The molecule has 5 aromatic rings. The number of amides is 1. The van der Waals surface area contributed by atoms with Gasteiger partial charge in [0.25, 0.3) is 5.91 Å². The number of hydrogen-bond donors (Lipinski definition) is 5. The van der Waals surface area contributed by atoms with Gasteiger partial charge in [0, 0.05) is 68.3 Å². The molecule has 1 aromatic heterocycles. The van der Waals surface area contributed by atoms with Crippen LogP contribution in [0.1, 0.15) is 34.3 Å². The van der Waals surface area contributed by atoms with Gasteiger partial charge in [-0.05, 0) is 96.1 Å². The number of H-pyrrole nitrogens is 1. The molecule has 0 saturated carbocycles. The predicted molar refractivity (Wildman–Crippen MR) is 179 cm³/mol. The zero-order valence-electron chi connectivity index (χ0n) is 25.8. The Morgan fingerprint density at radius 1 is 0.979 bits per heavy atom. The third-order valence-electron chi connectivity index (χ3n) is 8.80. The molecule has 47 heavy (non-hydrogen) atoms. The Hall–Kier alpha value is -5.00. The summed E-state index contributed by atoms with van der Waals surface area (Å²) in [5.74, 6) is -1.21. The van der Waals surface area contributed by atoms with Crippen molar-refractivity contribution < 1.29 is 23.4 Å². The van der Waals surface area contributed by atoms with Crippen LogP contribution in [0.3, 0.4) is 0 Å². The highest BCUT2D eigenvalue weighted by Crippen LogP contribution is 2.35. The number of carbonyl (C=O) groups is 1. The van der Waals surface area contributed by atoms with Gasteiger partial charge in [-0.3, -0.25) is 9.89 Å². The maximum Gasteiger partial charge on any atom is 0.258 e. The molecule has 0 atom stereocenters. The number of aromatic nitrogens is 2. The van der Waals surface area contributed by atoms with Crippen LogP contribution in [-0.4, -0.2) is 66.6 Å². The first-order valence-electron chi connectivity index (χ1n) is 15.9. The molecular weight excluding hydrogens is 602 g/mol. The fourth-order valence-corrected chi connectivity index (χ4v) is 6.43. The molecule has 7 rings (SSSR count). The van der Waals surface area contributed by atoms with Crippen molar-refractivity contribution in [3.8, 4) is 16.9 Å². The second-order valence-electron chi connectivity index (χ2n) is 12.1. The average molecular weight is 639 g/mol.